The third kappa shape index (κ3) is 3.56. The van der Waals surface area contributed by atoms with E-state index in [-0.39, 0.29) is 17.2 Å². The summed E-state index contributed by atoms with van der Waals surface area (Å²) in [6.45, 7) is 3.51. The van der Waals surface area contributed by atoms with Gasteiger partial charge in [-0.1, -0.05) is 19.8 Å². The van der Waals surface area contributed by atoms with Crippen LogP contribution in [0.3, 0.4) is 0 Å². The lowest BCUT2D eigenvalue weighted by Gasteiger charge is -2.19. The Morgan fingerprint density at radius 1 is 1.25 bits per heavy atom. The molecule has 2 heterocycles. The van der Waals surface area contributed by atoms with Gasteiger partial charge in [-0.15, -0.1) is 11.3 Å². The van der Waals surface area contributed by atoms with Crippen molar-refractivity contribution in [3.63, 3.8) is 0 Å². The van der Waals surface area contributed by atoms with Gasteiger partial charge in [0.2, 0.25) is 5.91 Å². The average molecular weight is 296 g/mol. The van der Waals surface area contributed by atoms with Crippen LogP contribution in [0.1, 0.15) is 53.0 Å². The maximum atomic E-state index is 12.2. The Morgan fingerprint density at radius 3 is 2.40 bits per heavy atom. The molecule has 0 unspecified atom stereocenters. The van der Waals surface area contributed by atoms with E-state index in [4.69, 9.17) is 5.11 Å². The zero-order valence-electron chi connectivity index (χ0n) is 11.7. The van der Waals surface area contributed by atoms with Crippen LogP contribution in [0.25, 0.3) is 0 Å². The Balaban J connectivity index is 2.05. The Morgan fingerprint density at radius 2 is 1.90 bits per heavy atom. The van der Waals surface area contributed by atoms with Crippen molar-refractivity contribution in [1.82, 2.24) is 9.88 Å². The van der Waals surface area contributed by atoms with E-state index in [0.29, 0.717) is 17.1 Å². The minimum Gasteiger partial charge on any atom is -0.477 e. The molecule has 0 aliphatic carbocycles. The molecule has 6 heteroatoms. The molecule has 0 spiro atoms. The second kappa shape index (κ2) is 6.83. The van der Waals surface area contributed by atoms with Crippen LogP contribution < -0.4 is 0 Å². The van der Waals surface area contributed by atoms with Crippen molar-refractivity contribution in [3.8, 4) is 0 Å². The maximum absolute atomic E-state index is 12.2. The molecule has 110 valence electrons. The number of aromatic carboxylic acids is 1. The molecule has 2 rings (SSSR count). The van der Waals surface area contributed by atoms with E-state index in [1.54, 1.807) is 0 Å². The summed E-state index contributed by atoms with van der Waals surface area (Å²) in [5, 5.41) is 9.72. The molecule has 0 saturated carbocycles. The minimum absolute atomic E-state index is 0.0697. The molecule has 1 amide bonds. The maximum Gasteiger partial charge on any atom is 0.347 e. The van der Waals surface area contributed by atoms with Gasteiger partial charge < -0.3 is 10.0 Å². The molecule has 1 aliphatic rings. The van der Waals surface area contributed by atoms with Crippen molar-refractivity contribution < 1.29 is 14.7 Å². The van der Waals surface area contributed by atoms with Gasteiger partial charge in [0, 0.05) is 13.1 Å². The van der Waals surface area contributed by atoms with Crippen LogP contribution in [-0.2, 0) is 17.6 Å². The third-order valence-electron chi connectivity index (χ3n) is 3.53. The molecule has 1 fully saturated rings. The topological polar surface area (TPSA) is 70.5 Å². The zero-order chi connectivity index (χ0) is 14.5. The number of amides is 1. The van der Waals surface area contributed by atoms with Crippen LogP contribution in [0.2, 0.25) is 0 Å². The molecular formula is C14H20N2O3S. The number of aryl methyl sites for hydroxylation is 1. The quantitative estimate of drug-likeness (QED) is 0.926. The second-order valence-electron chi connectivity index (χ2n) is 5.01. The van der Waals surface area contributed by atoms with Gasteiger partial charge in [-0.05, 0) is 19.3 Å². The lowest BCUT2D eigenvalue weighted by Crippen LogP contribution is -2.33. The predicted octanol–water partition coefficient (Wildman–Crippen LogP) is 2.35. The number of carbonyl (C=O) groups is 2. The van der Waals surface area contributed by atoms with Crippen molar-refractivity contribution in [3.05, 3.63) is 15.6 Å². The number of hydrogen-bond donors (Lipinski definition) is 1. The van der Waals surface area contributed by atoms with Crippen LogP contribution >= 0.6 is 11.3 Å². The summed E-state index contributed by atoms with van der Waals surface area (Å²) in [6.07, 6.45) is 5.30. The normalized spacial score (nSPS) is 15.9. The standard InChI is InChI=1S/C14H20N2O3S/c1-2-10-13(14(18)19)20-11(15-10)9-12(17)16-7-5-3-4-6-8-16/h2-9H2,1H3,(H,18,19). The van der Waals surface area contributed by atoms with E-state index >= 15 is 0 Å². The fourth-order valence-electron chi connectivity index (χ4n) is 2.44. The van der Waals surface area contributed by atoms with Gasteiger partial charge in [-0.3, -0.25) is 4.79 Å². The molecule has 1 N–H and O–H groups in total. The van der Waals surface area contributed by atoms with E-state index in [0.717, 1.165) is 37.3 Å². The Kier molecular flexibility index (Phi) is 5.11. The highest BCUT2D eigenvalue weighted by molar-refractivity contribution is 7.13. The first-order chi connectivity index (χ1) is 9.61. The summed E-state index contributed by atoms with van der Waals surface area (Å²) in [5.74, 6) is -0.881. The Bertz CT molecular complexity index is 491. The predicted molar refractivity (Wildman–Crippen MR) is 77.2 cm³/mol. The minimum atomic E-state index is -0.951. The van der Waals surface area contributed by atoms with Crippen LogP contribution in [0.5, 0.6) is 0 Å². The number of hydrogen-bond acceptors (Lipinski definition) is 4. The highest BCUT2D eigenvalue weighted by Gasteiger charge is 2.20. The first kappa shape index (κ1) is 15.0. The van der Waals surface area contributed by atoms with E-state index in [1.165, 1.54) is 12.8 Å². The first-order valence-corrected chi connectivity index (χ1v) is 7.93. The van der Waals surface area contributed by atoms with Gasteiger partial charge in [0.05, 0.1) is 12.1 Å². The number of carboxylic acid groups (broad SMARTS) is 1. The van der Waals surface area contributed by atoms with Crippen molar-refractivity contribution in [2.24, 2.45) is 0 Å². The molecule has 20 heavy (non-hydrogen) atoms. The SMILES string of the molecule is CCc1nc(CC(=O)N2CCCCCC2)sc1C(=O)O. The zero-order valence-corrected chi connectivity index (χ0v) is 12.5. The van der Waals surface area contributed by atoms with Crippen molar-refractivity contribution in [2.45, 2.75) is 45.4 Å². The van der Waals surface area contributed by atoms with Gasteiger partial charge in [0.15, 0.2) is 0 Å². The summed E-state index contributed by atoms with van der Waals surface area (Å²) < 4.78 is 0. The van der Waals surface area contributed by atoms with E-state index < -0.39 is 5.97 Å². The van der Waals surface area contributed by atoms with E-state index in [9.17, 15) is 9.59 Å². The number of thiazole rings is 1. The Hall–Kier alpha value is -1.43. The fourth-order valence-corrected chi connectivity index (χ4v) is 3.43. The van der Waals surface area contributed by atoms with E-state index in [1.807, 2.05) is 11.8 Å². The first-order valence-electron chi connectivity index (χ1n) is 7.11. The third-order valence-corrected chi connectivity index (χ3v) is 4.62. The fraction of sp³-hybridized carbons (Fsp3) is 0.643. The smallest absolute Gasteiger partial charge is 0.347 e. The molecular weight excluding hydrogens is 276 g/mol. The molecule has 0 aromatic carbocycles. The number of rotatable bonds is 4. The molecule has 5 nitrogen and oxygen atoms in total. The molecule has 0 atom stereocenters. The molecule has 1 aromatic heterocycles. The van der Waals surface area contributed by atoms with Crippen LogP contribution in [0, 0.1) is 0 Å². The lowest BCUT2D eigenvalue weighted by molar-refractivity contribution is -0.130. The number of carbonyl (C=O) groups excluding carboxylic acids is 1. The number of nitrogens with zero attached hydrogens (tertiary/aromatic N) is 2. The summed E-state index contributed by atoms with van der Waals surface area (Å²) in [7, 11) is 0. The van der Waals surface area contributed by atoms with Gasteiger partial charge in [-0.2, -0.15) is 0 Å². The molecule has 1 aromatic rings. The van der Waals surface area contributed by atoms with Crippen molar-refractivity contribution in [2.75, 3.05) is 13.1 Å². The summed E-state index contributed by atoms with van der Waals surface area (Å²) in [4.78, 5) is 29.8. The van der Waals surface area contributed by atoms with Crippen molar-refractivity contribution in [1.29, 1.82) is 0 Å². The molecule has 1 aliphatic heterocycles. The number of carboxylic acids is 1. The van der Waals surface area contributed by atoms with Crippen LogP contribution in [0.15, 0.2) is 0 Å². The van der Waals surface area contributed by atoms with Crippen molar-refractivity contribution >= 4 is 23.2 Å². The molecule has 1 saturated heterocycles. The van der Waals surface area contributed by atoms with Crippen LogP contribution in [0.4, 0.5) is 0 Å². The van der Waals surface area contributed by atoms with E-state index in [2.05, 4.69) is 4.98 Å². The highest BCUT2D eigenvalue weighted by Crippen LogP contribution is 2.21. The Labute approximate surface area is 122 Å². The monoisotopic (exact) mass is 296 g/mol. The summed E-state index contributed by atoms with van der Waals surface area (Å²) >= 11 is 1.13. The number of likely N-dealkylation sites (tertiary alicyclic amines) is 1. The number of aromatic nitrogens is 1. The largest absolute Gasteiger partial charge is 0.477 e. The molecule has 0 bridgehead atoms. The second-order valence-corrected chi connectivity index (χ2v) is 6.10. The average Bonchev–Trinajstić information content (AvgIpc) is 2.64. The van der Waals surface area contributed by atoms with Crippen LogP contribution in [-0.4, -0.2) is 40.0 Å². The lowest BCUT2D eigenvalue weighted by atomic mass is 10.2. The summed E-state index contributed by atoms with van der Waals surface area (Å²) in [6, 6.07) is 0. The molecule has 0 radical (unpaired) electrons. The van der Waals surface area contributed by atoms with Gasteiger partial charge in [0.1, 0.15) is 9.88 Å². The van der Waals surface area contributed by atoms with Gasteiger partial charge in [-0.25, -0.2) is 9.78 Å². The highest BCUT2D eigenvalue weighted by atomic mass is 32.1. The summed E-state index contributed by atoms with van der Waals surface area (Å²) in [5.41, 5.74) is 0.584. The van der Waals surface area contributed by atoms with Gasteiger partial charge >= 0.3 is 5.97 Å². The van der Waals surface area contributed by atoms with Gasteiger partial charge in [0.25, 0.3) is 0 Å².